The van der Waals surface area contributed by atoms with Crippen LogP contribution in [0.15, 0.2) is 11.6 Å². The first-order valence-electron chi connectivity index (χ1n) is 23.3. The third-order valence-electron chi connectivity index (χ3n) is 15.3. The summed E-state index contributed by atoms with van der Waals surface area (Å²) < 4.78 is 22.8. The maximum absolute atomic E-state index is 11.9. The molecule has 2 unspecified atom stereocenters. The van der Waals surface area contributed by atoms with Gasteiger partial charge < -0.3 is 34.0 Å². The minimum Gasteiger partial charge on any atom is -0.462 e. The van der Waals surface area contributed by atoms with E-state index in [0.717, 1.165) is 99.7 Å². The Labute approximate surface area is 346 Å². The molecule has 8 heteroatoms. The topological polar surface area (TPSA) is 112 Å². The average Bonchev–Trinajstić information content (AvgIpc) is 3.69. The number of carbonyl (C=O) groups excluding carboxylic acids is 2. The number of allylic oxidation sites excluding steroid dienone is 1. The number of hydrogen-bond donors (Lipinski definition) is 2. The molecular weight excluding hydrogens is 717 g/mol. The monoisotopic (exact) mass is 797 g/mol. The first-order chi connectivity index (χ1) is 27.3. The number of ether oxygens (including phenoxy) is 4. The van der Waals surface area contributed by atoms with Gasteiger partial charge in [0.25, 0.3) is 0 Å². The predicted octanol–water partition coefficient (Wildman–Crippen LogP) is 9.77. The first-order valence-corrected chi connectivity index (χ1v) is 23.3. The molecule has 3 saturated carbocycles. The minimum absolute atomic E-state index is 0.0269. The predicted molar refractivity (Wildman–Crippen MR) is 225 cm³/mol. The summed E-state index contributed by atoms with van der Waals surface area (Å²) in [4.78, 5) is 23.2. The molecule has 5 aliphatic rings. The second-order valence-electron chi connectivity index (χ2n) is 19.9. The van der Waals surface area contributed by atoms with E-state index < -0.39 is 12.4 Å². The van der Waals surface area contributed by atoms with E-state index in [-0.39, 0.29) is 48.5 Å². The highest BCUT2D eigenvalue weighted by molar-refractivity contribution is 5.83. The lowest BCUT2D eigenvalue weighted by Gasteiger charge is -2.58. The Bertz CT molecular complexity index is 1360. The van der Waals surface area contributed by atoms with Crippen molar-refractivity contribution in [3.63, 3.8) is 0 Å². The van der Waals surface area contributed by atoms with E-state index in [1.807, 2.05) is 0 Å². The van der Waals surface area contributed by atoms with Crippen molar-refractivity contribution < 1.29 is 38.7 Å². The molecule has 324 valence electrons. The van der Waals surface area contributed by atoms with Crippen molar-refractivity contribution in [1.29, 1.82) is 0 Å². The number of ketones is 1. The molecule has 57 heavy (non-hydrogen) atoms. The Kier molecular flexibility index (Phi) is 18.0. The van der Waals surface area contributed by atoms with Crippen molar-refractivity contribution >= 4 is 11.8 Å². The Balaban J connectivity index is 0.893. The standard InChI is InChI=1S/C49H80O8/c1-34(2)15-14-16-35(3)43-21-22-44-42-20-19-38-31-41(23-25-48(38,5)45(42)24-26-49(43,44)6)56-46(52)33-55-28-27-54-32-39(51)17-12-10-8-7-9-11-13-18-40-30-37(29-36(4)50)47(53)57-40/h19,34-35,37,39-46,51-52H,7-11,13-16,18,20-33H2,1-6H3/t35-,37?,39+,40+,41?,42+,43-,44+,45+,46-,48+,49-/m0/s1. The summed E-state index contributed by atoms with van der Waals surface area (Å²) in [5.74, 6) is 10.5. The van der Waals surface area contributed by atoms with Gasteiger partial charge in [0.2, 0.25) is 0 Å². The maximum atomic E-state index is 11.9. The normalized spacial score (nSPS) is 33.7. The summed E-state index contributed by atoms with van der Waals surface area (Å²) in [6.07, 6.45) is 22.6. The zero-order chi connectivity index (χ0) is 41.0. The molecular formula is C49H80O8. The fourth-order valence-corrected chi connectivity index (χ4v) is 12.3. The molecule has 1 aliphatic heterocycles. The number of aliphatic hydroxyl groups is 2. The van der Waals surface area contributed by atoms with Crippen LogP contribution >= 0.6 is 0 Å². The van der Waals surface area contributed by atoms with E-state index in [4.69, 9.17) is 18.9 Å². The van der Waals surface area contributed by atoms with Crippen LogP contribution in [0, 0.1) is 64.1 Å². The molecule has 0 aromatic heterocycles. The molecule has 0 radical (unpaired) electrons. The van der Waals surface area contributed by atoms with Gasteiger partial charge >= 0.3 is 5.97 Å². The number of carbonyl (C=O) groups is 2. The largest absolute Gasteiger partial charge is 0.462 e. The molecule has 1 heterocycles. The molecule has 8 nitrogen and oxygen atoms in total. The van der Waals surface area contributed by atoms with E-state index in [9.17, 15) is 19.8 Å². The molecule has 0 amide bonds. The van der Waals surface area contributed by atoms with Crippen LogP contribution in [0.3, 0.4) is 0 Å². The van der Waals surface area contributed by atoms with Gasteiger partial charge in [-0.3, -0.25) is 4.79 Å². The summed E-state index contributed by atoms with van der Waals surface area (Å²) in [5, 5.41) is 20.8. The molecule has 0 aromatic carbocycles. The third-order valence-corrected chi connectivity index (χ3v) is 15.3. The zero-order valence-corrected chi connectivity index (χ0v) is 36.7. The quantitative estimate of drug-likeness (QED) is 0.0346. The van der Waals surface area contributed by atoms with Gasteiger partial charge in [-0.2, -0.15) is 0 Å². The molecule has 12 atom stereocenters. The molecule has 2 N–H and O–H groups in total. The summed E-state index contributed by atoms with van der Waals surface area (Å²) in [6, 6.07) is 0. The summed E-state index contributed by atoms with van der Waals surface area (Å²) in [5.41, 5.74) is 2.35. The van der Waals surface area contributed by atoms with Crippen LogP contribution in [0.25, 0.3) is 0 Å². The number of hydrogen-bond acceptors (Lipinski definition) is 8. The maximum Gasteiger partial charge on any atom is 0.309 e. The fourth-order valence-electron chi connectivity index (χ4n) is 12.3. The van der Waals surface area contributed by atoms with E-state index >= 15 is 0 Å². The number of esters is 1. The SMILES string of the molecule is CC(=O)CC1C[C@@H](CCCCCCCC#C[C@@H](O)COCCOC[C@@H](O)OC2CC[C@]3(C)C(=CC[C@@H]4[C@H]5CC[C@@H]([C@@H](C)CCCC(C)C)[C@]5(C)CC[C@H]43)C2)OC1=O. The zero-order valence-electron chi connectivity index (χ0n) is 36.7. The van der Waals surface area contributed by atoms with Crippen molar-refractivity contribution in [3.8, 4) is 11.8 Å². The van der Waals surface area contributed by atoms with Gasteiger partial charge in [0, 0.05) is 12.8 Å². The van der Waals surface area contributed by atoms with Crippen molar-refractivity contribution in [1.82, 2.24) is 0 Å². The molecule has 0 spiro atoms. The lowest BCUT2D eigenvalue weighted by Crippen LogP contribution is -2.51. The lowest BCUT2D eigenvalue weighted by atomic mass is 9.47. The Hall–Kier alpha value is -1.76. The number of unbranched alkanes of at least 4 members (excludes halogenated alkanes) is 5. The third kappa shape index (κ3) is 12.9. The van der Waals surface area contributed by atoms with Crippen LogP contribution in [0.5, 0.6) is 0 Å². The lowest BCUT2D eigenvalue weighted by molar-refractivity contribution is -0.177. The highest BCUT2D eigenvalue weighted by Crippen LogP contribution is 2.67. The van der Waals surface area contributed by atoms with Crippen LogP contribution in [0.4, 0.5) is 0 Å². The molecule has 0 bridgehead atoms. The van der Waals surface area contributed by atoms with Crippen molar-refractivity contribution in [2.24, 2.45) is 52.3 Å². The first kappa shape index (κ1) is 46.3. The smallest absolute Gasteiger partial charge is 0.309 e. The van der Waals surface area contributed by atoms with Gasteiger partial charge in [-0.15, -0.1) is 5.92 Å². The number of Topliss-reactive ketones (excluding diaryl/α,β-unsaturated/α-hetero) is 1. The van der Waals surface area contributed by atoms with E-state index in [2.05, 4.69) is 52.5 Å². The van der Waals surface area contributed by atoms with Crippen LogP contribution in [-0.2, 0) is 28.5 Å². The van der Waals surface area contributed by atoms with Gasteiger partial charge in [0.15, 0.2) is 6.29 Å². The molecule has 4 fully saturated rings. The van der Waals surface area contributed by atoms with Crippen molar-refractivity contribution in [2.45, 2.75) is 195 Å². The van der Waals surface area contributed by atoms with Crippen LogP contribution in [0.1, 0.15) is 170 Å². The molecule has 4 aliphatic carbocycles. The van der Waals surface area contributed by atoms with Crippen LogP contribution in [0.2, 0.25) is 0 Å². The molecule has 0 aromatic rings. The number of fused-ring (bicyclic) bond motifs is 5. The second kappa shape index (κ2) is 22.2. The molecule has 1 saturated heterocycles. The van der Waals surface area contributed by atoms with Crippen LogP contribution in [-0.4, -0.2) is 73.0 Å². The van der Waals surface area contributed by atoms with Gasteiger partial charge in [0.05, 0.1) is 38.4 Å². The van der Waals surface area contributed by atoms with E-state index in [1.165, 1.54) is 58.3 Å². The average molecular weight is 797 g/mol. The van der Waals surface area contributed by atoms with Gasteiger partial charge in [-0.25, -0.2) is 0 Å². The Morgan fingerprint density at radius 3 is 2.46 bits per heavy atom. The van der Waals surface area contributed by atoms with E-state index in [0.29, 0.717) is 31.5 Å². The highest BCUT2D eigenvalue weighted by atomic mass is 16.6. The number of rotatable bonds is 23. The number of cyclic esters (lactones) is 1. The van der Waals surface area contributed by atoms with Crippen molar-refractivity contribution in [2.75, 3.05) is 26.4 Å². The summed E-state index contributed by atoms with van der Waals surface area (Å²) in [6.45, 7) is 14.9. The van der Waals surface area contributed by atoms with Crippen molar-refractivity contribution in [3.05, 3.63) is 11.6 Å². The minimum atomic E-state index is -0.959. The second-order valence-corrected chi connectivity index (χ2v) is 19.9. The van der Waals surface area contributed by atoms with Gasteiger partial charge in [-0.05, 0) is 130 Å². The molecule has 5 rings (SSSR count). The Morgan fingerprint density at radius 1 is 0.930 bits per heavy atom. The Morgan fingerprint density at radius 2 is 1.68 bits per heavy atom. The summed E-state index contributed by atoms with van der Waals surface area (Å²) >= 11 is 0. The highest BCUT2D eigenvalue weighted by Gasteiger charge is 2.59. The van der Waals surface area contributed by atoms with Gasteiger partial charge in [-0.1, -0.05) is 90.7 Å². The van der Waals surface area contributed by atoms with Crippen LogP contribution < -0.4 is 0 Å². The number of aliphatic hydroxyl groups excluding tert-OH is 2. The van der Waals surface area contributed by atoms with E-state index in [1.54, 1.807) is 5.57 Å². The summed E-state index contributed by atoms with van der Waals surface area (Å²) in [7, 11) is 0. The van der Waals surface area contributed by atoms with Gasteiger partial charge in [0.1, 0.15) is 18.0 Å². The fraction of sp³-hybridized carbons (Fsp3) is 0.878.